The molecule has 0 radical (unpaired) electrons. The van der Waals surface area contributed by atoms with Crippen LogP contribution in [0.1, 0.15) is 60.7 Å². The largest absolute Gasteiger partial charge is 0.443 e. The number of amides is 5. The number of nitrogens with one attached hydrogen (secondary N) is 2. The third kappa shape index (κ3) is 5.10. The van der Waals surface area contributed by atoms with Crippen LogP contribution in [0.2, 0.25) is 0 Å². The number of hydrogen-bond donors (Lipinski definition) is 2. The lowest BCUT2D eigenvalue weighted by Crippen LogP contribution is -2.56. The molecular weight excluding hydrogens is 492 g/mol. The molecule has 204 valence electrons. The second-order valence-electron chi connectivity index (χ2n) is 11.2. The maximum atomic E-state index is 13.5. The van der Waals surface area contributed by atoms with Gasteiger partial charge in [0.25, 0.3) is 11.8 Å². The molecule has 4 heterocycles. The SMILES string of the molecule is CC(C)(C)OC(=O)NN1CCN(C2CCN(c3cccc4c3C(=O)N(C3CCC(=O)NC3=O)C4=O)C2)CC1. The van der Waals surface area contributed by atoms with Crippen LogP contribution >= 0.6 is 0 Å². The lowest BCUT2D eigenvalue weighted by molar-refractivity contribution is -0.136. The van der Waals surface area contributed by atoms with Crippen LogP contribution in [-0.2, 0) is 14.3 Å². The number of piperidine rings is 1. The van der Waals surface area contributed by atoms with Gasteiger partial charge in [0.2, 0.25) is 11.8 Å². The number of hydrogen-bond acceptors (Lipinski definition) is 9. The highest BCUT2D eigenvalue weighted by molar-refractivity contribution is 6.25. The average Bonchev–Trinajstić information content (AvgIpc) is 3.43. The summed E-state index contributed by atoms with van der Waals surface area (Å²) in [4.78, 5) is 68.2. The van der Waals surface area contributed by atoms with Crippen LogP contribution in [0, 0.1) is 0 Å². The van der Waals surface area contributed by atoms with E-state index >= 15 is 0 Å². The molecule has 0 saturated carbocycles. The molecule has 1 aromatic rings. The Kier molecular flexibility index (Phi) is 6.86. The van der Waals surface area contributed by atoms with Crippen molar-refractivity contribution in [3.63, 3.8) is 0 Å². The summed E-state index contributed by atoms with van der Waals surface area (Å²) in [5.74, 6) is -1.99. The first kappa shape index (κ1) is 26.1. The summed E-state index contributed by atoms with van der Waals surface area (Å²) in [6.07, 6.45) is 0.667. The van der Waals surface area contributed by atoms with E-state index in [1.54, 1.807) is 12.1 Å². The maximum Gasteiger partial charge on any atom is 0.422 e. The number of nitrogens with zero attached hydrogens (tertiary/aromatic N) is 4. The summed E-state index contributed by atoms with van der Waals surface area (Å²) < 4.78 is 5.34. The Hall–Kier alpha value is -3.51. The monoisotopic (exact) mass is 526 g/mol. The molecule has 4 aliphatic heterocycles. The highest BCUT2D eigenvalue weighted by atomic mass is 16.6. The van der Waals surface area contributed by atoms with Crippen LogP contribution in [0.4, 0.5) is 10.5 Å². The van der Waals surface area contributed by atoms with Gasteiger partial charge < -0.3 is 9.64 Å². The molecule has 2 unspecified atom stereocenters. The third-order valence-electron chi connectivity index (χ3n) is 7.43. The molecule has 5 rings (SSSR count). The maximum absolute atomic E-state index is 13.5. The van der Waals surface area contributed by atoms with Crippen LogP contribution in [-0.4, -0.2) is 101 Å². The van der Waals surface area contributed by atoms with Gasteiger partial charge in [-0.1, -0.05) is 6.07 Å². The molecule has 2 atom stereocenters. The first-order chi connectivity index (χ1) is 18.0. The van der Waals surface area contributed by atoms with Crippen molar-refractivity contribution < 1.29 is 28.7 Å². The van der Waals surface area contributed by atoms with Crippen LogP contribution < -0.4 is 15.6 Å². The quantitative estimate of drug-likeness (QED) is 0.545. The standard InChI is InChI=1S/C26H34N6O6/c1-26(2,3)38-25(37)28-31-13-11-29(12-14-31)16-9-10-30(15-16)18-6-4-5-17-21(18)24(36)32(23(17)35)19-7-8-20(33)27-22(19)34/h4-6,16,19H,7-15H2,1-3H3,(H,28,37)(H,27,33,34). The van der Waals surface area contributed by atoms with Crippen LogP contribution in [0.25, 0.3) is 0 Å². The first-order valence-corrected chi connectivity index (χ1v) is 13.1. The summed E-state index contributed by atoms with van der Waals surface area (Å²) in [6, 6.07) is 4.53. The van der Waals surface area contributed by atoms with E-state index in [0.717, 1.165) is 31.0 Å². The van der Waals surface area contributed by atoms with Crippen LogP contribution in [0.3, 0.4) is 0 Å². The van der Waals surface area contributed by atoms with Crippen LogP contribution in [0.15, 0.2) is 18.2 Å². The van der Waals surface area contributed by atoms with Gasteiger partial charge in [0, 0.05) is 51.7 Å². The van der Waals surface area contributed by atoms with Crippen molar-refractivity contribution in [3.05, 3.63) is 29.3 Å². The summed E-state index contributed by atoms with van der Waals surface area (Å²) in [5, 5.41) is 4.11. The van der Waals surface area contributed by atoms with Crippen molar-refractivity contribution in [2.24, 2.45) is 0 Å². The predicted molar refractivity (Wildman–Crippen MR) is 136 cm³/mol. The normalized spacial score (nSPS) is 25.0. The number of carbonyl (C=O) groups excluding carboxylic acids is 5. The summed E-state index contributed by atoms with van der Waals surface area (Å²) in [5.41, 5.74) is 3.57. The zero-order chi connectivity index (χ0) is 27.2. The fourth-order valence-electron chi connectivity index (χ4n) is 5.65. The minimum absolute atomic E-state index is 0.0883. The molecule has 3 saturated heterocycles. The Morgan fingerprint density at radius 2 is 1.74 bits per heavy atom. The average molecular weight is 527 g/mol. The van der Waals surface area contributed by atoms with Gasteiger partial charge >= 0.3 is 6.09 Å². The molecule has 5 amide bonds. The molecule has 2 N–H and O–H groups in total. The third-order valence-corrected chi connectivity index (χ3v) is 7.43. The minimum Gasteiger partial charge on any atom is -0.443 e. The van der Waals surface area contributed by atoms with Crippen molar-refractivity contribution in [3.8, 4) is 0 Å². The Morgan fingerprint density at radius 1 is 1.00 bits per heavy atom. The van der Waals surface area contributed by atoms with Gasteiger partial charge in [0.05, 0.1) is 16.8 Å². The van der Waals surface area contributed by atoms with Gasteiger partial charge in [-0.25, -0.2) is 9.80 Å². The van der Waals surface area contributed by atoms with Gasteiger partial charge in [-0.2, -0.15) is 0 Å². The number of imide groups is 2. The van der Waals surface area contributed by atoms with Gasteiger partial charge in [-0.05, 0) is 45.7 Å². The fourth-order valence-corrected chi connectivity index (χ4v) is 5.65. The smallest absolute Gasteiger partial charge is 0.422 e. The minimum atomic E-state index is -0.982. The number of fused-ring (bicyclic) bond motifs is 1. The molecule has 0 spiro atoms. The molecule has 12 heteroatoms. The second-order valence-corrected chi connectivity index (χ2v) is 11.2. The van der Waals surface area contributed by atoms with E-state index in [0.29, 0.717) is 36.4 Å². The van der Waals surface area contributed by atoms with Gasteiger partial charge in [0.1, 0.15) is 11.6 Å². The molecule has 1 aromatic carbocycles. The second kappa shape index (κ2) is 9.99. The molecule has 0 aromatic heterocycles. The Balaban J connectivity index is 1.22. The lowest BCUT2D eigenvalue weighted by atomic mass is 10.0. The number of anilines is 1. The van der Waals surface area contributed by atoms with E-state index in [9.17, 15) is 24.0 Å². The Morgan fingerprint density at radius 3 is 2.42 bits per heavy atom. The predicted octanol–water partition coefficient (Wildman–Crippen LogP) is 0.724. The fraction of sp³-hybridized carbons (Fsp3) is 0.577. The zero-order valence-corrected chi connectivity index (χ0v) is 22.0. The van der Waals surface area contributed by atoms with Crippen molar-refractivity contribution in [2.45, 2.75) is 57.7 Å². The lowest BCUT2D eigenvalue weighted by Gasteiger charge is -2.38. The van der Waals surface area contributed by atoms with Crippen molar-refractivity contribution in [2.75, 3.05) is 44.2 Å². The summed E-state index contributed by atoms with van der Waals surface area (Å²) in [7, 11) is 0. The molecule has 0 aliphatic carbocycles. The number of carbonyl (C=O) groups is 5. The number of ether oxygens (including phenoxy) is 1. The number of hydrazine groups is 1. The van der Waals surface area contributed by atoms with Crippen LogP contribution in [0.5, 0.6) is 0 Å². The zero-order valence-electron chi connectivity index (χ0n) is 22.0. The topological polar surface area (TPSA) is 132 Å². The summed E-state index contributed by atoms with van der Waals surface area (Å²) in [6.45, 7) is 9.82. The molecule has 4 aliphatic rings. The number of piperazine rings is 1. The Bertz CT molecular complexity index is 1170. The highest BCUT2D eigenvalue weighted by Crippen LogP contribution is 2.36. The molecule has 0 bridgehead atoms. The molecule has 3 fully saturated rings. The van der Waals surface area contributed by atoms with Crippen molar-refractivity contribution in [1.29, 1.82) is 0 Å². The van der Waals surface area contributed by atoms with Gasteiger partial charge in [-0.3, -0.25) is 39.7 Å². The van der Waals surface area contributed by atoms with Gasteiger partial charge in [-0.15, -0.1) is 0 Å². The van der Waals surface area contributed by atoms with Gasteiger partial charge in [0.15, 0.2) is 0 Å². The van der Waals surface area contributed by atoms with E-state index in [1.807, 2.05) is 31.8 Å². The van der Waals surface area contributed by atoms with E-state index < -0.39 is 41.4 Å². The van der Waals surface area contributed by atoms with Crippen molar-refractivity contribution in [1.82, 2.24) is 25.6 Å². The number of rotatable bonds is 4. The first-order valence-electron chi connectivity index (χ1n) is 13.1. The highest BCUT2D eigenvalue weighted by Gasteiger charge is 2.46. The van der Waals surface area contributed by atoms with Crippen molar-refractivity contribution >= 4 is 35.4 Å². The summed E-state index contributed by atoms with van der Waals surface area (Å²) >= 11 is 0. The number of benzene rings is 1. The molecule has 38 heavy (non-hydrogen) atoms. The van der Waals surface area contributed by atoms with E-state index in [1.165, 1.54) is 0 Å². The molecule has 12 nitrogen and oxygen atoms in total. The molecular formula is C26H34N6O6. The Labute approximate surface area is 221 Å². The van der Waals surface area contributed by atoms with E-state index in [2.05, 4.69) is 20.5 Å². The van der Waals surface area contributed by atoms with E-state index in [4.69, 9.17) is 4.74 Å². The van der Waals surface area contributed by atoms with E-state index in [-0.39, 0.29) is 18.9 Å².